The van der Waals surface area contributed by atoms with Crippen LogP contribution in [0.25, 0.3) is 0 Å². The first-order valence-electron chi connectivity index (χ1n) is 5.95. The Kier molecular flexibility index (Phi) is 4.48. The fraction of sp³-hybridized carbons (Fsp3) is 0.200. The van der Waals surface area contributed by atoms with E-state index in [0.717, 1.165) is 15.7 Å². The highest BCUT2D eigenvalue weighted by atomic mass is 79.9. The average Bonchev–Trinajstić information content (AvgIpc) is 2.37. The summed E-state index contributed by atoms with van der Waals surface area (Å²) in [4.78, 5) is 0. The standard InChI is InChI=1S/C15H14BrClFN/c1-9-3-5-12(16)15(7-9)19-10(2)11-4-6-13(17)14(18)8-11/h3-8,10,19H,1-2H3. The maximum Gasteiger partial charge on any atom is 0.142 e. The highest BCUT2D eigenvalue weighted by Crippen LogP contribution is 2.28. The van der Waals surface area contributed by atoms with Crippen LogP contribution >= 0.6 is 27.5 Å². The van der Waals surface area contributed by atoms with E-state index >= 15 is 0 Å². The molecule has 0 aliphatic rings. The third kappa shape index (κ3) is 3.48. The third-order valence-corrected chi connectivity index (χ3v) is 3.94. The first-order chi connectivity index (χ1) is 8.97. The SMILES string of the molecule is Cc1ccc(Br)c(NC(C)c2ccc(Cl)c(F)c2)c1. The van der Waals surface area contributed by atoms with E-state index in [1.807, 2.05) is 38.1 Å². The van der Waals surface area contributed by atoms with Gasteiger partial charge in [-0.15, -0.1) is 0 Å². The minimum absolute atomic E-state index is 0.00938. The molecule has 2 rings (SSSR count). The smallest absolute Gasteiger partial charge is 0.142 e. The Bertz CT molecular complexity index is 601. The summed E-state index contributed by atoms with van der Waals surface area (Å²) in [7, 11) is 0. The molecular weight excluding hydrogens is 329 g/mol. The first-order valence-corrected chi connectivity index (χ1v) is 7.12. The van der Waals surface area contributed by atoms with Crippen LogP contribution in [0.4, 0.5) is 10.1 Å². The summed E-state index contributed by atoms with van der Waals surface area (Å²) >= 11 is 9.19. The minimum Gasteiger partial charge on any atom is -0.378 e. The van der Waals surface area contributed by atoms with Gasteiger partial charge < -0.3 is 5.32 Å². The van der Waals surface area contributed by atoms with Crippen LogP contribution in [0.3, 0.4) is 0 Å². The Morgan fingerprint density at radius 1 is 1.21 bits per heavy atom. The van der Waals surface area contributed by atoms with Crippen molar-refractivity contribution in [2.45, 2.75) is 19.9 Å². The highest BCUT2D eigenvalue weighted by molar-refractivity contribution is 9.10. The molecule has 0 heterocycles. The lowest BCUT2D eigenvalue weighted by atomic mass is 10.1. The molecule has 0 amide bonds. The molecular formula is C15H14BrClFN. The molecule has 4 heteroatoms. The fourth-order valence-electron chi connectivity index (χ4n) is 1.85. The summed E-state index contributed by atoms with van der Waals surface area (Å²) in [5, 5.41) is 3.50. The van der Waals surface area contributed by atoms with E-state index in [-0.39, 0.29) is 11.1 Å². The van der Waals surface area contributed by atoms with Gasteiger partial charge in [0, 0.05) is 16.2 Å². The Hall–Kier alpha value is -1.06. The monoisotopic (exact) mass is 341 g/mol. The lowest BCUT2D eigenvalue weighted by Crippen LogP contribution is -2.07. The second kappa shape index (κ2) is 5.93. The Morgan fingerprint density at radius 3 is 2.63 bits per heavy atom. The second-order valence-corrected chi connectivity index (χ2v) is 5.78. The highest BCUT2D eigenvalue weighted by Gasteiger charge is 2.10. The second-order valence-electron chi connectivity index (χ2n) is 4.52. The van der Waals surface area contributed by atoms with Gasteiger partial charge in [0.05, 0.1) is 5.02 Å². The fourth-order valence-corrected chi connectivity index (χ4v) is 2.33. The van der Waals surface area contributed by atoms with Gasteiger partial charge in [0.1, 0.15) is 5.82 Å². The van der Waals surface area contributed by atoms with E-state index in [0.29, 0.717) is 0 Å². The van der Waals surface area contributed by atoms with E-state index in [2.05, 4.69) is 21.2 Å². The van der Waals surface area contributed by atoms with Gasteiger partial charge in [0.15, 0.2) is 0 Å². The summed E-state index contributed by atoms with van der Waals surface area (Å²) in [5.41, 5.74) is 3.01. The molecule has 0 aliphatic carbocycles. The molecule has 2 aromatic carbocycles. The molecule has 1 N–H and O–H groups in total. The number of aryl methyl sites for hydroxylation is 1. The largest absolute Gasteiger partial charge is 0.378 e. The Morgan fingerprint density at radius 2 is 1.95 bits per heavy atom. The Balaban J connectivity index is 2.22. The van der Waals surface area contributed by atoms with Gasteiger partial charge in [-0.05, 0) is 65.2 Å². The summed E-state index contributed by atoms with van der Waals surface area (Å²) < 4.78 is 14.4. The molecule has 100 valence electrons. The number of halogens is 3. The van der Waals surface area contributed by atoms with Crippen molar-refractivity contribution in [2.24, 2.45) is 0 Å². The van der Waals surface area contributed by atoms with Crippen LogP contribution in [0.5, 0.6) is 0 Å². The molecule has 0 fully saturated rings. The number of hydrogen-bond acceptors (Lipinski definition) is 1. The van der Waals surface area contributed by atoms with Gasteiger partial charge in [-0.25, -0.2) is 4.39 Å². The van der Waals surface area contributed by atoms with E-state index in [1.54, 1.807) is 6.07 Å². The summed E-state index contributed by atoms with van der Waals surface area (Å²) in [6.07, 6.45) is 0. The molecule has 2 aromatic rings. The van der Waals surface area contributed by atoms with Crippen molar-refractivity contribution in [3.63, 3.8) is 0 Å². The number of rotatable bonds is 3. The van der Waals surface area contributed by atoms with Crippen molar-refractivity contribution < 1.29 is 4.39 Å². The van der Waals surface area contributed by atoms with Crippen molar-refractivity contribution in [3.8, 4) is 0 Å². The van der Waals surface area contributed by atoms with Crippen molar-refractivity contribution in [1.29, 1.82) is 0 Å². The van der Waals surface area contributed by atoms with Crippen molar-refractivity contribution in [3.05, 3.63) is 62.8 Å². The normalized spacial score (nSPS) is 12.3. The van der Waals surface area contributed by atoms with E-state index < -0.39 is 5.82 Å². The van der Waals surface area contributed by atoms with Crippen LogP contribution in [0.2, 0.25) is 5.02 Å². The van der Waals surface area contributed by atoms with E-state index in [9.17, 15) is 4.39 Å². The van der Waals surface area contributed by atoms with Crippen LogP contribution in [-0.2, 0) is 0 Å². The zero-order chi connectivity index (χ0) is 14.0. The third-order valence-electron chi connectivity index (χ3n) is 2.94. The van der Waals surface area contributed by atoms with Gasteiger partial charge in [-0.1, -0.05) is 23.7 Å². The van der Waals surface area contributed by atoms with Crippen molar-refractivity contribution >= 4 is 33.2 Å². The van der Waals surface area contributed by atoms with Crippen LogP contribution in [-0.4, -0.2) is 0 Å². The predicted molar refractivity (Wildman–Crippen MR) is 82.3 cm³/mol. The molecule has 0 bridgehead atoms. The maximum atomic E-state index is 13.5. The molecule has 1 nitrogen and oxygen atoms in total. The van der Waals surface area contributed by atoms with Gasteiger partial charge in [0.25, 0.3) is 0 Å². The van der Waals surface area contributed by atoms with Gasteiger partial charge in [-0.2, -0.15) is 0 Å². The van der Waals surface area contributed by atoms with Gasteiger partial charge >= 0.3 is 0 Å². The van der Waals surface area contributed by atoms with Crippen LogP contribution in [0, 0.1) is 12.7 Å². The van der Waals surface area contributed by atoms with Crippen LogP contribution < -0.4 is 5.32 Å². The van der Waals surface area contributed by atoms with Gasteiger partial charge in [-0.3, -0.25) is 0 Å². The quantitative estimate of drug-likeness (QED) is 0.752. The molecule has 0 saturated heterocycles. The molecule has 0 aromatic heterocycles. The summed E-state index contributed by atoms with van der Waals surface area (Å²) in [5.74, 6) is -0.392. The molecule has 19 heavy (non-hydrogen) atoms. The lowest BCUT2D eigenvalue weighted by molar-refractivity contribution is 0.624. The van der Waals surface area contributed by atoms with Crippen LogP contribution in [0.1, 0.15) is 24.1 Å². The molecule has 1 unspecified atom stereocenters. The minimum atomic E-state index is -0.392. The Labute approximate surface area is 125 Å². The zero-order valence-corrected chi connectivity index (χ0v) is 13.0. The first kappa shape index (κ1) is 14.4. The van der Waals surface area contributed by atoms with Gasteiger partial charge in [0.2, 0.25) is 0 Å². The molecule has 1 atom stereocenters. The lowest BCUT2D eigenvalue weighted by Gasteiger charge is -2.17. The maximum absolute atomic E-state index is 13.5. The topological polar surface area (TPSA) is 12.0 Å². The van der Waals surface area contributed by atoms with Crippen molar-refractivity contribution in [2.75, 3.05) is 5.32 Å². The molecule has 0 spiro atoms. The van der Waals surface area contributed by atoms with Crippen LogP contribution in [0.15, 0.2) is 40.9 Å². The average molecular weight is 343 g/mol. The molecule has 0 aliphatic heterocycles. The molecule has 0 radical (unpaired) electrons. The number of nitrogens with one attached hydrogen (secondary N) is 1. The van der Waals surface area contributed by atoms with E-state index in [4.69, 9.17) is 11.6 Å². The summed E-state index contributed by atoms with van der Waals surface area (Å²) in [6.45, 7) is 4.02. The van der Waals surface area contributed by atoms with E-state index in [1.165, 1.54) is 11.6 Å². The number of hydrogen-bond donors (Lipinski definition) is 1. The molecule has 0 saturated carbocycles. The zero-order valence-electron chi connectivity index (χ0n) is 10.7. The predicted octanol–water partition coefficient (Wildman–Crippen LogP) is 5.72. The number of anilines is 1. The van der Waals surface area contributed by atoms with Crippen molar-refractivity contribution in [1.82, 2.24) is 0 Å². The number of benzene rings is 2. The summed E-state index contributed by atoms with van der Waals surface area (Å²) in [6, 6.07) is 10.9.